The lowest BCUT2D eigenvalue weighted by Crippen LogP contribution is -2.31. The van der Waals surface area contributed by atoms with Crippen LogP contribution in [0.1, 0.15) is 44.4 Å². The maximum atomic E-state index is 13.6. The van der Waals surface area contributed by atoms with E-state index >= 15 is 0 Å². The van der Waals surface area contributed by atoms with E-state index in [4.69, 9.17) is 4.42 Å². The second-order valence-electron chi connectivity index (χ2n) is 8.03. The zero-order valence-corrected chi connectivity index (χ0v) is 17.5. The lowest BCUT2D eigenvalue weighted by Gasteiger charge is -2.24. The number of aryl methyl sites for hydroxylation is 2. The molecule has 0 aliphatic carbocycles. The number of hydrogen-bond donors (Lipinski definition) is 0. The largest absolute Gasteiger partial charge is 0.450 e. The van der Waals surface area contributed by atoms with Crippen molar-refractivity contribution in [2.24, 2.45) is 0 Å². The van der Waals surface area contributed by atoms with Gasteiger partial charge in [-0.05, 0) is 60.7 Å². The number of benzene rings is 2. The van der Waals surface area contributed by atoms with Gasteiger partial charge in [0.1, 0.15) is 5.58 Å². The number of hydrogen-bond acceptors (Lipinski definition) is 4. The average Bonchev–Trinajstić information content (AvgIpc) is 3.07. The molecule has 154 valence electrons. The fraction of sp³-hybridized carbons (Fsp3) is 0.192. The molecule has 0 spiro atoms. The highest BCUT2D eigenvalue weighted by molar-refractivity contribution is 5.99. The van der Waals surface area contributed by atoms with Crippen molar-refractivity contribution in [1.82, 2.24) is 9.88 Å². The lowest BCUT2D eigenvalue weighted by molar-refractivity contribution is 0.0730. The zero-order chi connectivity index (χ0) is 21.5. The van der Waals surface area contributed by atoms with E-state index in [1.807, 2.05) is 68.4 Å². The summed E-state index contributed by atoms with van der Waals surface area (Å²) in [6, 6.07) is 16.9. The standard InChI is InChI=1S/C26H22N2O3/c1-16-13-20-21(14-17(16)2)31-25-22(24(20)29)23(19-9-6-11-27-15-19)28(26(25)30)12-10-18-7-4-3-5-8-18/h3-9,11,13-15,23H,10,12H2,1-2H3. The Morgan fingerprint density at radius 2 is 1.77 bits per heavy atom. The molecular weight excluding hydrogens is 388 g/mol. The summed E-state index contributed by atoms with van der Waals surface area (Å²) in [6.45, 7) is 4.41. The van der Waals surface area contributed by atoms with Gasteiger partial charge in [0, 0.05) is 18.9 Å². The predicted molar refractivity (Wildman–Crippen MR) is 119 cm³/mol. The Bertz CT molecular complexity index is 1340. The summed E-state index contributed by atoms with van der Waals surface area (Å²) >= 11 is 0. The van der Waals surface area contributed by atoms with Gasteiger partial charge in [-0.3, -0.25) is 14.6 Å². The molecule has 0 saturated carbocycles. The van der Waals surface area contributed by atoms with Crippen LogP contribution in [-0.4, -0.2) is 22.3 Å². The summed E-state index contributed by atoms with van der Waals surface area (Å²) in [6.07, 6.45) is 4.08. The van der Waals surface area contributed by atoms with E-state index in [0.717, 1.165) is 22.3 Å². The Hall–Kier alpha value is -3.73. The summed E-state index contributed by atoms with van der Waals surface area (Å²) < 4.78 is 6.06. The first-order valence-corrected chi connectivity index (χ1v) is 10.4. The van der Waals surface area contributed by atoms with Crippen molar-refractivity contribution in [3.63, 3.8) is 0 Å². The molecule has 0 N–H and O–H groups in total. The van der Waals surface area contributed by atoms with Crippen LogP contribution >= 0.6 is 0 Å². The van der Waals surface area contributed by atoms with Crippen LogP contribution in [0.3, 0.4) is 0 Å². The van der Waals surface area contributed by atoms with Gasteiger partial charge in [-0.15, -0.1) is 0 Å². The van der Waals surface area contributed by atoms with Crippen LogP contribution in [-0.2, 0) is 6.42 Å². The van der Waals surface area contributed by atoms with Crippen molar-refractivity contribution in [2.45, 2.75) is 26.3 Å². The van der Waals surface area contributed by atoms with E-state index in [2.05, 4.69) is 4.98 Å². The number of nitrogens with zero attached hydrogens (tertiary/aromatic N) is 2. The topological polar surface area (TPSA) is 63.4 Å². The Kier molecular flexibility index (Phi) is 4.66. The van der Waals surface area contributed by atoms with Crippen LogP contribution in [0.5, 0.6) is 0 Å². The van der Waals surface area contributed by atoms with Crippen molar-refractivity contribution < 1.29 is 9.21 Å². The van der Waals surface area contributed by atoms with E-state index in [1.165, 1.54) is 0 Å². The van der Waals surface area contributed by atoms with Crippen LogP contribution in [0, 0.1) is 13.8 Å². The molecule has 3 heterocycles. The minimum Gasteiger partial charge on any atom is -0.450 e. The van der Waals surface area contributed by atoms with Crippen LogP contribution in [0.15, 0.2) is 76.2 Å². The highest BCUT2D eigenvalue weighted by Gasteiger charge is 2.42. The predicted octanol–water partition coefficient (Wildman–Crippen LogP) is 4.59. The van der Waals surface area contributed by atoms with Gasteiger partial charge in [0.05, 0.1) is 17.0 Å². The third kappa shape index (κ3) is 3.22. The van der Waals surface area contributed by atoms with Crippen molar-refractivity contribution >= 4 is 16.9 Å². The number of pyridine rings is 1. The highest BCUT2D eigenvalue weighted by atomic mass is 16.3. The molecule has 0 saturated heterocycles. The molecule has 2 aromatic heterocycles. The van der Waals surface area contributed by atoms with E-state index < -0.39 is 6.04 Å². The highest BCUT2D eigenvalue weighted by Crippen LogP contribution is 2.38. The smallest absolute Gasteiger partial charge is 0.290 e. The minimum atomic E-state index is -0.512. The fourth-order valence-electron chi connectivity index (χ4n) is 4.28. The number of rotatable bonds is 4. The van der Waals surface area contributed by atoms with Gasteiger partial charge >= 0.3 is 0 Å². The van der Waals surface area contributed by atoms with Crippen molar-refractivity contribution in [3.8, 4) is 0 Å². The van der Waals surface area contributed by atoms with Crippen LogP contribution in [0.2, 0.25) is 0 Å². The lowest BCUT2D eigenvalue weighted by atomic mass is 9.98. The first-order valence-electron chi connectivity index (χ1n) is 10.4. The van der Waals surface area contributed by atoms with Gasteiger partial charge in [-0.25, -0.2) is 0 Å². The molecule has 1 amide bonds. The second-order valence-corrected chi connectivity index (χ2v) is 8.03. The van der Waals surface area contributed by atoms with Crippen molar-refractivity contribution in [3.05, 3.63) is 111 Å². The van der Waals surface area contributed by atoms with E-state index in [-0.39, 0.29) is 17.1 Å². The van der Waals surface area contributed by atoms with Crippen LogP contribution in [0.25, 0.3) is 11.0 Å². The maximum absolute atomic E-state index is 13.6. The molecular formula is C26H22N2O3. The molecule has 0 bridgehead atoms. The normalized spacial score (nSPS) is 15.5. The van der Waals surface area contributed by atoms with E-state index in [1.54, 1.807) is 17.3 Å². The molecule has 2 aromatic carbocycles. The molecule has 5 nitrogen and oxygen atoms in total. The summed E-state index contributed by atoms with van der Waals surface area (Å²) in [7, 11) is 0. The number of carbonyl (C=O) groups excluding carboxylic acids is 1. The van der Waals surface area contributed by atoms with E-state index in [0.29, 0.717) is 29.5 Å². The molecule has 1 atom stereocenters. The number of amides is 1. The van der Waals surface area contributed by atoms with Crippen molar-refractivity contribution in [1.29, 1.82) is 0 Å². The monoisotopic (exact) mass is 410 g/mol. The van der Waals surface area contributed by atoms with Gasteiger partial charge in [-0.1, -0.05) is 36.4 Å². The Morgan fingerprint density at radius 3 is 2.52 bits per heavy atom. The summed E-state index contributed by atoms with van der Waals surface area (Å²) in [5.41, 5.74) is 4.68. The zero-order valence-electron chi connectivity index (χ0n) is 17.5. The maximum Gasteiger partial charge on any atom is 0.290 e. The van der Waals surface area contributed by atoms with Gasteiger partial charge < -0.3 is 9.32 Å². The van der Waals surface area contributed by atoms with Gasteiger partial charge in [-0.2, -0.15) is 0 Å². The minimum absolute atomic E-state index is 0.141. The summed E-state index contributed by atoms with van der Waals surface area (Å²) in [5.74, 6) is -0.111. The summed E-state index contributed by atoms with van der Waals surface area (Å²) in [5, 5.41) is 0.508. The molecule has 4 aromatic rings. The molecule has 31 heavy (non-hydrogen) atoms. The second kappa shape index (κ2) is 7.51. The molecule has 5 rings (SSSR count). The molecule has 1 unspecified atom stereocenters. The molecule has 0 fully saturated rings. The molecule has 0 radical (unpaired) electrons. The Labute approximate surface area is 180 Å². The molecule has 1 aliphatic rings. The number of aromatic nitrogens is 1. The van der Waals surface area contributed by atoms with Crippen molar-refractivity contribution in [2.75, 3.05) is 6.54 Å². The number of fused-ring (bicyclic) bond motifs is 2. The quantitative estimate of drug-likeness (QED) is 0.494. The molecule has 1 aliphatic heterocycles. The third-order valence-electron chi connectivity index (χ3n) is 6.07. The number of carbonyl (C=O) groups is 1. The fourth-order valence-corrected chi connectivity index (χ4v) is 4.28. The Morgan fingerprint density at radius 1 is 1.00 bits per heavy atom. The van der Waals surface area contributed by atoms with Gasteiger partial charge in [0.25, 0.3) is 5.91 Å². The average molecular weight is 410 g/mol. The van der Waals surface area contributed by atoms with Crippen LogP contribution in [0.4, 0.5) is 0 Å². The Balaban J connectivity index is 1.67. The summed E-state index contributed by atoms with van der Waals surface area (Å²) in [4.78, 5) is 33.0. The van der Waals surface area contributed by atoms with Gasteiger partial charge in [0.15, 0.2) is 5.43 Å². The molecule has 5 heteroatoms. The third-order valence-corrected chi connectivity index (χ3v) is 6.07. The van der Waals surface area contributed by atoms with E-state index in [9.17, 15) is 9.59 Å². The first-order chi connectivity index (χ1) is 15.0. The first kappa shape index (κ1) is 19.2. The van der Waals surface area contributed by atoms with Crippen LogP contribution < -0.4 is 5.43 Å². The van der Waals surface area contributed by atoms with Gasteiger partial charge in [0.2, 0.25) is 5.76 Å². The SMILES string of the molecule is Cc1cc2oc3c(c(=O)c2cc1C)C(c1cccnc1)N(CCc1ccccc1)C3=O.